The Morgan fingerprint density at radius 1 is 1.50 bits per heavy atom. The van der Waals surface area contributed by atoms with Crippen LogP contribution in [-0.2, 0) is 19.4 Å². The lowest BCUT2D eigenvalue weighted by Gasteiger charge is -1.89. The molecule has 2 N–H and O–H groups in total. The van der Waals surface area contributed by atoms with Crippen molar-refractivity contribution in [2.45, 2.75) is 25.8 Å². The van der Waals surface area contributed by atoms with Gasteiger partial charge in [0.15, 0.2) is 5.76 Å². The highest BCUT2D eigenvalue weighted by molar-refractivity contribution is 5.26. The van der Waals surface area contributed by atoms with Gasteiger partial charge in [0.2, 0.25) is 0 Å². The fourth-order valence-corrected chi connectivity index (χ4v) is 1.45. The van der Waals surface area contributed by atoms with Crippen LogP contribution in [0.1, 0.15) is 23.4 Å². The Bertz CT molecular complexity index is 242. The zero-order chi connectivity index (χ0) is 6.97. The van der Waals surface area contributed by atoms with Crippen molar-refractivity contribution in [3.63, 3.8) is 0 Å². The predicted molar refractivity (Wildman–Crippen MR) is 36.4 cm³/mol. The van der Waals surface area contributed by atoms with Crippen molar-refractivity contribution < 1.29 is 4.52 Å². The molecule has 0 saturated heterocycles. The average molecular weight is 138 g/mol. The molecule has 3 nitrogen and oxygen atoms in total. The van der Waals surface area contributed by atoms with Crippen LogP contribution in [0.15, 0.2) is 4.52 Å². The summed E-state index contributed by atoms with van der Waals surface area (Å²) < 4.78 is 5.01. The number of hydrogen-bond acceptors (Lipinski definition) is 3. The van der Waals surface area contributed by atoms with Gasteiger partial charge in [0.1, 0.15) is 0 Å². The van der Waals surface area contributed by atoms with Gasteiger partial charge in [-0.15, -0.1) is 0 Å². The Labute approximate surface area is 59.2 Å². The fourth-order valence-electron chi connectivity index (χ4n) is 1.45. The summed E-state index contributed by atoms with van der Waals surface area (Å²) in [4.78, 5) is 0. The Hall–Kier alpha value is -0.830. The normalized spacial score (nSPS) is 15.7. The summed E-state index contributed by atoms with van der Waals surface area (Å²) in [7, 11) is 0. The van der Waals surface area contributed by atoms with E-state index in [9.17, 15) is 0 Å². The molecule has 0 aliphatic heterocycles. The third kappa shape index (κ3) is 0.671. The van der Waals surface area contributed by atoms with E-state index in [1.54, 1.807) is 0 Å². The van der Waals surface area contributed by atoms with Crippen molar-refractivity contribution >= 4 is 0 Å². The zero-order valence-corrected chi connectivity index (χ0v) is 5.76. The van der Waals surface area contributed by atoms with E-state index in [0.29, 0.717) is 6.54 Å². The van der Waals surface area contributed by atoms with Crippen molar-refractivity contribution in [3.8, 4) is 0 Å². The van der Waals surface area contributed by atoms with E-state index in [1.807, 2.05) is 0 Å². The number of aryl methyl sites for hydroxylation is 1. The zero-order valence-electron chi connectivity index (χ0n) is 5.76. The lowest BCUT2D eigenvalue weighted by Crippen LogP contribution is -1.96. The summed E-state index contributed by atoms with van der Waals surface area (Å²) in [5, 5.41) is 3.91. The van der Waals surface area contributed by atoms with Crippen LogP contribution in [0, 0.1) is 0 Å². The molecule has 2 rings (SSSR count). The first-order chi connectivity index (χ1) is 4.92. The van der Waals surface area contributed by atoms with Gasteiger partial charge in [-0.1, -0.05) is 5.16 Å². The second-order valence-corrected chi connectivity index (χ2v) is 2.59. The highest BCUT2D eigenvalue weighted by Crippen LogP contribution is 2.23. The summed E-state index contributed by atoms with van der Waals surface area (Å²) in [5.41, 5.74) is 7.83. The first kappa shape index (κ1) is 5.92. The highest BCUT2D eigenvalue weighted by atomic mass is 16.5. The van der Waals surface area contributed by atoms with Crippen molar-refractivity contribution in [3.05, 3.63) is 17.0 Å². The second-order valence-electron chi connectivity index (χ2n) is 2.59. The second kappa shape index (κ2) is 2.09. The van der Waals surface area contributed by atoms with E-state index in [-0.39, 0.29) is 0 Å². The molecule has 0 radical (unpaired) electrons. The minimum atomic E-state index is 0.488. The van der Waals surface area contributed by atoms with Gasteiger partial charge >= 0.3 is 0 Å². The molecular formula is C7H10N2O. The molecule has 0 atom stereocenters. The Kier molecular flexibility index (Phi) is 1.24. The highest BCUT2D eigenvalue weighted by Gasteiger charge is 2.19. The number of aromatic nitrogens is 1. The lowest BCUT2D eigenvalue weighted by molar-refractivity contribution is 0.374. The molecule has 1 aliphatic rings. The molecule has 0 fully saturated rings. The third-order valence-corrected chi connectivity index (χ3v) is 1.98. The SMILES string of the molecule is NCc1onc2c1CCC2. The molecule has 3 heteroatoms. The van der Waals surface area contributed by atoms with Crippen molar-refractivity contribution in [1.82, 2.24) is 5.16 Å². The molecule has 1 aromatic rings. The largest absolute Gasteiger partial charge is 0.359 e. The van der Waals surface area contributed by atoms with Crippen molar-refractivity contribution in [2.24, 2.45) is 5.73 Å². The number of hydrogen-bond donors (Lipinski definition) is 1. The van der Waals surface area contributed by atoms with E-state index < -0.39 is 0 Å². The number of fused-ring (bicyclic) bond motifs is 1. The summed E-state index contributed by atoms with van der Waals surface area (Å²) in [6, 6.07) is 0. The molecule has 0 spiro atoms. The maximum Gasteiger partial charge on any atom is 0.153 e. The van der Waals surface area contributed by atoms with Crippen LogP contribution in [0.4, 0.5) is 0 Å². The summed E-state index contributed by atoms with van der Waals surface area (Å²) in [5.74, 6) is 0.882. The van der Waals surface area contributed by atoms with Gasteiger partial charge < -0.3 is 10.3 Å². The van der Waals surface area contributed by atoms with Crippen LogP contribution < -0.4 is 5.73 Å². The predicted octanol–water partition coefficient (Wildman–Crippen LogP) is 0.622. The fraction of sp³-hybridized carbons (Fsp3) is 0.571. The molecule has 10 heavy (non-hydrogen) atoms. The van der Waals surface area contributed by atoms with Gasteiger partial charge in [0, 0.05) is 5.56 Å². The van der Waals surface area contributed by atoms with Gasteiger partial charge in [-0.05, 0) is 19.3 Å². The average Bonchev–Trinajstić information content (AvgIpc) is 2.44. The van der Waals surface area contributed by atoms with Gasteiger partial charge in [-0.2, -0.15) is 0 Å². The maximum absolute atomic E-state index is 5.43. The van der Waals surface area contributed by atoms with E-state index in [2.05, 4.69) is 5.16 Å². The molecule has 1 aromatic heterocycles. The molecule has 0 bridgehead atoms. The minimum Gasteiger partial charge on any atom is -0.359 e. The lowest BCUT2D eigenvalue weighted by atomic mass is 10.2. The van der Waals surface area contributed by atoms with E-state index in [1.165, 1.54) is 12.0 Å². The van der Waals surface area contributed by atoms with Crippen LogP contribution in [0.5, 0.6) is 0 Å². The van der Waals surface area contributed by atoms with Crippen LogP contribution in [0.2, 0.25) is 0 Å². The monoisotopic (exact) mass is 138 g/mol. The molecule has 0 saturated carbocycles. The molecule has 1 aliphatic carbocycles. The van der Waals surface area contributed by atoms with Crippen LogP contribution >= 0.6 is 0 Å². The van der Waals surface area contributed by atoms with Gasteiger partial charge in [0.05, 0.1) is 12.2 Å². The van der Waals surface area contributed by atoms with Gasteiger partial charge in [-0.25, -0.2) is 0 Å². The van der Waals surface area contributed by atoms with Crippen LogP contribution in [0.3, 0.4) is 0 Å². The molecule has 0 amide bonds. The van der Waals surface area contributed by atoms with Crippen molar-refractivity contribution in [2.75, 3.05) is 0 Å². The standard InChI is InChI=1S/C7H10N2O/c8-4-7-5-2-1-3-6(5)9-10-7/h1-4,8H2. The summed E-state index contributed by atoms with van der Waals surface area (Å²) in [6.07, 6.45) is 3.38. The number of nitrogens with two attached hydrogens (primary N) is 1. The molecular weight excluding hydrogens is 128 g/mol. The van der Waals surface area contributed by atoms with Gasteiger partial charge in [-0.3, -0.25) is 0 Å². The third-order valence-electron chi connectivity index (χ3n) is 1.98. The van der Waals surface area contributed by atoms with Crippen molar-refractivity contribution in [1.29, 1.82) is 0 Å². The minimum absolute atomic E-state index is 0.488. The number of rotatable bonds is 1. The van der Waals surface area contributed by atoms with E-state index >= 15 is 0 Å². The Morgan fingerprint density at radius 3 is 3.20 bits per heavy atom. The van der Waals surface area contributed by atoms with Gasteiger partial charge in [0.25, 0.3) is 0 Å². The van der Waals surface area contributed by atoms with E-state index in [4.69, 9.17) is 10.3 Å². The van der Waals surface area contributed by atoms with E-state index in [0.717, 1.165) is 24.3 Å². The molecule has 0 aromatic carbocycles. The first-order valence-corrected chi connectivity index (χ1v) is 3.58. The molecule has 1 heterocycles. The topological polar surface area (TPSA) is 52.0 Å². The molecule has 0 unspecified atom stereocenters. The summed E-state index contributed by atoms with van der Waals surface area (Å²) in [6.45, 7) is 0.488. The Balaban J connectivity index is 2.44. The van der Waals surface area contributed by atoms with Crippen LogP contribution in [-0.4, -0.2) is 5.16 Å². The Morgan fingerprint density at radius 2 is 2.40 bits per heavy atom. The summed E-state index contributed by atoms with van der Waals surface area (Å²) >= 11 is 0. The maximum atomic E-state index is 5.43. The number of nitrogens with zero attached hydrogens (tertiary/aromatic N) is 1. The van der Waals surface area contributed by atoms with Crippen LogP contribution in [0.25, 0.3) is 0 Å². The quantitative estimate of drug-likeness (QED) is 0.619. The smallest absolute Gasteiger partial charge is 0.153 e. The first-order valence-electron chi connectivity index (χ1n) is 3.58. The molecule has 54 valence electrons.